The first-order valence-corrected chi connectivity index (χ1v) is 11.8. The van der Waals surface area contributed by atoms with Crippen LogP contribution in [-0.4, -0.2) is 27.6 Å². The Bertz CT molecular complexity index is 1260. The third-order valence-electron chi connectivity index (χ3n) is 5.52. The highest BCUT2D eigenvalue weighted by Gasteiger charge is 2.30. The van der Waals surface area contributed by atoms with Crippen LogP contribution in [0.3, 0.4) is 0 Å². The van der Waals surface area contributed by atoms with Crippen LogP contribution >= 0.6 is 39.1 Å². The van der Waals surface area contributed by atoms with Gasteiger partial charge < -0.3 is 10.6 Å². The van der Waals surface area contributed by atoms with Gasteiger partial charge in [0.1, 0.15) is 16.1 Å². The van der Waals surface area contributed by atoms with Crippen LogP contribution in [-0.2, 0) is 0 Å². The van der Waals surface area contributed by atoms with E-state index in [1.807, 2.05) is 6.92 Å². The quantitative estimate of drug-likeness (QED) is 0.383. The van der Waals surface area contributed by atoms with Gasteiger partial charge in [0.05, 0.1) is 22.0 Å². The maximum atomic E-state index is 13.5. The number of carbonyl (C=O) groups is 2. The van der Waals surface area contributed by atoms with Gasteiger partial charge in [-0.1, -0.05) is 23.2 Å². The lowest BCUT2D eigenvalue weighted by atomic mass is 10.1. The predicted molar refractivity (Wildman–Crippen MR) is 130 cm³/mol. The first-order chi connectivity index (χ1) is 15.6. The van der Waals surface area contributed by atoms with E-state index in [1.165, 1.54) is 28.9 Å². The summed E-state index contributed by atoms with van der Waals surface area (Å²) in [7, 11) is 0. The van der Waals surface area contributed by atoms with Crippen LogP contribution < -0.4 is 10.6 Å². The minimum absolute atomic E-state index is 0.0262. The van der Waals surface area contributed by atoms with Crippen molar-refractivity contribution >= 4 is 56.6 Å². The molecule has 2 aromatic carbocycles. The fraction of sp³-hybridized carbons (Fsp3) is 0.261. The Hall–Kier alpha value is -2.42. The number of amides is 2. The van der Waals surface area contributed by atoms with Crippen LogP contribution in [0.2, 0.25) is 10.0 Å². The number of nitrogens with zero attached hydrogens (tertiary/aromatic N) is 2. The summed E-state index contributed by atoms with van der Waals surface area (Å²) in [6.45, 7) is 3.72. The summed E-state index contributed by atoms with van der Waals surface area (Å²) in [6.07, 6.45) is 2.18. The van der Waals surface area contributed by atoms with Crippen molar-refractivity contribution in [3.8, 4) is 5.69 Å². The molecule has 2 amide bonds. The van der Waals surface area contributed by atoms with Gasteiger partial charge in [0, 0.05) is 17.1 Å². The van der Waals surface area contributed by atoms with Crippen LogP contribution in [0.15, 0.2) is 41.0 Å². The van der Waals surface area contributed by atoms with Gasteiger partial charge in [-0.3, -0.25) is 9.59 Å². The lowest BCUT2D eigenvalue weighted by molar-refractivity contribution is 0.0936. The lowest BCUT2D eigenvalue weighted by Crippen LogP contribution is -2.34. The lowest BCUT2D eigenvalue weighted by Gasteiger charge is -2.18. The summed E-state index contributed by atoms with van der Waals surface area (Å²) in [4.78, 5) is 26.3. The van der Waals surface area contributed by atoms with E-state index in [-0.39, 0.29) is 28.2 Å². The smallest absolute Gasteiger partial charge is 0.274 e. The number of benzene rings is 2. The summed E-state index contributed by atoms with van der Waals surface area (Å²) < 4.78 is 15.2. The van der Waals surface area contributed by atoms with Crippen molar-refractivity contribution < 1.29 is 14.0 Å². The molecule has 1 aromatic heterocycles. The van der Waals surface area contributed by atoms with E-state index in [4.69, 9.17) is 23.2 Å². The average Bonchev–Trinajstić information content (AvgIpc) is 3.52. The van der Waals surface area contributed by atoms with Crippen LogP contribution in [0.25, 0.3) is 5.69 Å². The van der Waals surface area contributed by atoms with Crippen molar-refractivity contribution in [2.45, 2.75) is 32.7 Å². The van der Waals surface area contributed by atoms with Crippen LogP contribution in [0.5, 0.6) is 0 Å². The second-order valence-electron chi connectivity index (χ2n) is 8.06. The van der Waals surface area contributed by atoms with Crippen molar-refractivity contribution in [3.63, 3.8) is 0 Å². The maximum absolute atomic E-state index is 13.5. The molecule has 0 aliphatic heterocycles. The molecule has 4 rings (SSSR count). The summed E-state index contributed by atoms with van der Waals surface area (Å²) in [5, 5.41) is 10.6. The Kier molecular flexibility index (Phi) is 6.79. The predicted octanol–water partition coefficient (Wildman–Crippen LogP) is 6.17. The minimum Gasteiger partial charge on any atom is -0.349 e. The van der Waals surface area contributed by atoms with E-state index < -0.39 is 11.7 Å². The molecule has 1 saturated carbocycles. The zero-order chi connectivity index (χ0) is 23.9. The third-order valence-corrected chi connectivity index (χ3v) is 6.43. The van der Waals surface area contributed by atoms with E-state index in [2.05, 4.69) is 31.7 Å². The number of anilines is 1. The van der Waals surface area contributed by atoms with E-state index in [0.29, 0.717) is 32.5 Å². The van der Waals surface area contributed by atoms with Gasteiger partial charge in [0.2, 0.25) is 0 Å². The van der Waals surface area contributed by atoms with E-state index in [0.717, 1.165) is 18.9 Å². The number of halogens is 4. The van der Waals surface area contributed by atoms with Crippen LogP contribution in [0, 0.1) is 18.7 Å². The Labute approximate surface area is 208 Å². The van der Waals surface area contributed by atoms with Gasteiger partial charge in [-0.05, 0) is 84.4 Å². The zero-order valence-corrected chi connectivity index (χ0v) is 20.9. The van der Waals surface area contributed by atoms with Gasteiger partial charge >= 0.3 is 0 Å². The second-order valence-corrected chi connectivity index (χ2v) is 9.71. The molecule has 1 heterocycles. The molecule has 0 spiro atoms. The largest absolute Gasteiger partial charge is 0.349 e. The summed E-state index contributed by atoms with van der Waals surface area (Å²) in [6, 6.07) is 8.53. The molecule has 1 aliphatic rings. The van der Waals surface area contributed by atoms with Gasteiger partial charge in [-0.25, -0.2) is 9.07 Å². The Balaban J connectivity index is 1.68. The van der Waals surface area contributed by atoms with Crippen molar-refractivity contribution in [3.05, 3.63) is 73.7 Å². The molecule has 0 bridgehead atoms. The molecule has 3 aromatic rings. The molecule has 0 saturated heterocycles. The number of hydrogen-bond acceptors (Lipinski definition) is 3. The van der Waals surface area contributed by atoms with Gasteiger partial charge in [-0.2, -0.15) is 5.10 Å². The van der Waals surface area contributed by atoms with Gasteiger partial charge in [-0.15, -0.1) is 0 Å². The zero-order valence-electron chi connectivity index (χ0n) is 17.8. The molecule has 2 N–H and O–H groups in total. The fourth-order valence-corrected chi connectivity index (χ4v) is 4.51. The van der Waals surface area contributed by atoms with E-state index in [1.54, 1.807) is 13.0 Å². The minimum atomic E-state index is -0.525. The monoisotopic (exact) mass is 552 g/mol. The molecular formula is C23H20BrCl2FN4O2. The number of aromatic nitrogens is 2. The number of carbonyl (C=O) groups excluding carboxylic acids is 2. The van der Waals surface area contributed by atoms with Crippen LogP contribution in [0.4, 0.5) is 10.1 Å². The van der Waals surface area contributed by atoms with E-state index in [9.17, 15) is 14.0 Å². The van der Waals surface area contributed by atoms with Crippen molar-refractivity contribution in [1.29, 1.82) is 0 Å². The molecule has 10 heteroatoms. The first-order valence-electron chi connectivity index (χ1n) is 10.3. The topological polar surface area (TPSA) is 76.0 Å². The number of rotatable bonds is 6. The molecule has 1 atom stereocenters. The highest BCUT2D eigenvalue weighted by atomic mass is 79.9. The summed E-state index contributed by atoms with van der Waals surface area (Å²) in [5.74, 6) is -0.872. The van der Waals surface area contributed by atoms with Gasteiger partial charge in [0.25, 0.3) is 11.8 Å². The maximum Gasteiger partial charge on any atom is 0.274 e. The third kappa shape index (κ3) is 5.23. The second kappa shape index (κ2) is 9.44. The SMILES string of the molecule is Cc1cc(Cl)cc(C(=O)NC(C)C2CC2)c1NC(=O)c1cc(Br)nn1-c1ccc(F)cc1Cl. The average molecular weight is 554 g/mol. The highest BCUT2D eigenvalue weighted by Crippen LogP contribution is 2.33. The molecule has 172 valence electrons. The van der Waals surface area contributed by atoms with E-state index >= 15 is 0 Å². The molecule has 1 fully saturated rings. The number of aryl methyl sites for hydroxylation is 1. The summed E-state index contributed by atoms with van der Waals surface area (Å²) in [5.41, 5.74) is 1.72. The van der Waals surface area contributed by atoms with Crippen LogP contribution in [0.1, 0.15) is 46.2 Å². The number of nitrogens with one attached hydrogen (secondary N) is 2. The first kappa shape index (κ1) is 23.7. The summed E-state index contributed by atoms with van der Waals surface area (Å²) >= 11 is 15.7. The van der Waals surface area contributed by atoms with Crippen molar-refractivity contribution in [1.82, 2.24) is 15.1 Å². The number of hydrogen-bond donors (Lipinski definition) is 2. The molecule has 33 heavy (non-hydrogen) atoms. The standard InChI is InChI=1S/C23H20BrCl2FN4O2/c1-11-7-14(25)8-16(22(32)28-12(2)13-3-4-13)21(11)29-23(33)19-10-20(24)30-31(19)18-6-5-15(27)9-17(18)26/h5-10,12-13H,3-4H2,1-2H3,(H,28,32)(H,29,33). The Morgan fingerprint density at radius 1 is 1.18 bits per heavy atom. The molecule has 6 nitrogen and oxygen atoms in total. The molecule has 1 aliphatic carbocycles. The van der Waals surface area contributed by atoms with Gasteiger partial charge in [0.15, 0.2) is 0 Å². The molecule has 1 unspecified atom stereocenters. The van der Waals surface area contributed by atoms with Crippen molar-refractivity contribution in [2.75, 3.05) is 5.32 Å². The highest BCUT2D eigenvalue weighted by molar-refractivity contribution is 9.10. The Morgan fingerprint density at radius 3 is 2.58 bits per heavy atom. The normalized spacial score (nSPS) is 14.1. The molecular weight excluding hydrogens is 534 g/mol. The fourth-order valence-electron chi connectivity index (χ4n) is 3.61. The van der Waals surface area contributed by atoms with Crippen molar-refractivity contribution in [2.24, 2.45) is 5.92 Å². The Morgan fingerprint density at radius 2 is 1.91 bits per heavy atom. The molecule has 0 radical (unpaired) electrons.